The first kappa shape index (κ1) is 47.0. The Kier molecular flexibility index (Phi) is 15.1. The molecule has 0 saturated carbocycles. The average Bonchev–Trinajstić information content (AvgIpc) is 4.09. The van der Waals surface area contributed by atoms with Gasteiger partial charge in [-0.25, -0.2) is 14.8 Å². The number of aromatic nitrogens is 4. The molecular weight excluding hydrogens is 867 g/mol. The number of nitrogens with zero attached hydrogens (tertiary/aromatic N) is 7. The van der Waals surface area contributed by atoms with Crippen LogP contribution in [0.2, 0.25) is 0 Å². The summed E-state index contributed by atoms with van der Waals surface area (Å²) in [5, 5.41) is 21.9. The van der Waals surface area contributed by atoms with Crippen LogP contribution in [0.1, 0.15) is 62.7 Å². The van der Waals surface area contributed by atoms with Gasteiger partial charge in [-0.1, -0.05) is 48.5 Å². The molecule has 1 saturated heterocycles. The van der Waals surface area contributed by atoms with Crippen molar-refractivity contribution in [2.75, 3.05) is 57.1 Å². The van der Waals surface area contributed by atoms with Crippen LogP contribution in [0.15, 0.2) is 71.0 Å². The Morgan fingerprint density at radius 1 is 1.00 bits per heavy atom. The monoisotopic (exact) mass is 923 g/mol. The number of carbonyl (C=O) groups excluding carboxylic acids is 3. The predicted molar refractivity (Wildman–Crippen MR) is 253 cm³/mol. The Morgan fingerprint density at radius 2 is 1.80 bits per heavy atom. The Morgan fingerprint density at radius 3 is 2.52 bits per heavy atom. The molecule has 0 bridgehead atoms. The van der Waals surface area contributed by atoms with Crippen LogP contribution < -0.4 is 20.3 Å². The number of benzene rings is 2. The van der Waals surface area contributed by atoms with Crippen molar-refractivity contribution >= 4 is 61.6 Å². The van der Waals surface area contributed by atoms with Crippen LogP contribution in [0.25, 0.3) is 31.8 Å². The zero-order chi connectivity index (χ0) is 46.4. The molecule has 4 aromatic heterocycles. The normalized spacial score (nSPS) is 15.5. The van der Waals surface area contributed by atoms with E-state index >= 15 is 0 Å². The second-order valence-electron chi connectivity index (χ2n) is 17.0. The summed E-state index contributed by atoms with van der Waals surface area (Å²) in [5.74, 6) is -0.293. The number of thiazole rings is 2. The van der Waals surface area contributed by atoms with E-state index in [-0.39, 0.29) is 43.3 Å². The number of hydrogen-bond acceptors (Lipinski definition) is 15. The molecule has 65 heavy (non-hydrogen) atoms. The zero-order valence-corrected chi connectivity index (χ0v) is 39.7. The Bertz CT molecular complexity index is 2610. The number of likely N-dealkylation sites (N-methyl/N-ethyl adjacent to an activating group) is 1. The van der Waals surface area contributed by atoms with Gasteiger partial charge in [-0.2, -0.15) is 0 Å². The molecule has 5 heterocycles. The molecule has 344 valence electrons. The van der Waals surface area contributed by atoms with E-state index in [1.807, 2.05) is 83.6 Å². The number of fused-ring (bicyclic) bond motifs is 1. The number of hydrogen-bond donors (Lipinski definition) is 3. The van der Waals surface area contributed by atoms with Crippen molar-refractivity contribution in [2.24, 2.45) is 5.92 Å². The van der Waals surface area contributed by atoms with Crippen LogP contribution in [-0.4, -0.2) is 118 Å². The van der Waals surface area contributed by atoms with E-state index < -0.39 is 24.2 Å². The fraction of sp³-hybridized carbons (Fsp3) is 0.426. The second-order valence-corrected chi connectivity index (χ2v) is 18.9. The van der Waals surface area contributed by atoms with E-state index in [4.69, 9.17) is 19.0 Å². The first-order chi connectivity index (χ1) is 31.1. The summed E-state index contributed by atoms with van der Waals surface area (Å²) in [7, 11) is 3.70. The van der Waals surface area contributed by atoms with E-state index in [9.17, 15) is 19.5 Å². The highest BCUT2D eigenvalue weighted by Crippen LogP contribution is 2.35. The molecule has 0 radical (unpaired) electrons. The van der Waals surface area contributed by atoms with Crippen molar-refractivity contribution in [2.45, 2.75) is 78.7 Å². The molecular formula is C47H57N9O7S2. The highest BCUT2D eigenvalue weighted by Gasteiger charge is 2.43. The lowest BCUT2D eigenvalue weighted by atomic mass is 9.91. The summed E-state index contributed by atoms with van der Waals surface area (Å²) in [6.45, 7) is 13.9. The number of ether oxygens (including phenoxy) is 2. The maximum atomic E-state index is 13.9. The smallest absolute Gasteiger partial charge is 0.414 e. The lowest BCUT2D eigenvalue weighted by Gasteiger charge is -2.28. The van der Waals surface area contributed by atoms with Gasteiger partial charge in [0.15, 0.2) is 5.13 Å². The molecule has 16 nitrogen and oxygen atoms in total. The number of nitrogens with one attached hydrogen (secondary N) is 2. The van der Waals surface area contributed by atoms with E-state index in [0.29, 0.717) is 42.6 Å². The molecule has 18 heteroatoms. The summed E-state index contributed by atoms with van der Waals surface area (Å²) in [4.78, 5) is 59.9. The van der Waals surface area contributed by atoms with Gasteiger partial charge in [0.1, 0.15) is 30.1 Å². The fourth-order valence-corrected chi connectivity index (χ4v) is 9.45. The number of aryl methyl sites for hydroxylation is 2. The number of carbonyl (C=O) groups is 3. The van der Waals surface area contributed by atoms with Gasteiger partial charge in [-0.05, 0) is 76.1 Å². The Balaban J connectivity index is 0.946. The molecule has 2 aromatic carbocycles. The first-order valence-corrected chi connectivity index (χ1v) is 23.4. The third kappa shape index (κ3) is 11.5. The van der Waals surface area contributed by atoms with Crippen molar-refractivity contribution in [3.8, 4) is 27.3 Å². The number of anilines is 2. The van der Waals surface area contributed by atoms with Crippen LogP contribution >= 0.6 is 22.7 Å². The number of amides is 3. The third-order valence-corrected chi connectivity index (χ3v) is 13.2. The highest BCUT2D eigenvalue weighted by atomic mass is 32.1. The van der Waals surface area contributed by atoms with Crippen molar-refractivity contribution in [3.63, 3.8) is 0 Å². The van der Waals surface area contributed by atoms with Crippen molar-refractivity contribution in [1.82, 2.24) is 35.2 Å². The van der Waals surface area contributed by atoms with Gasteiger partial charge in [0.05, 0.1) is 56.1 Å². The number of pyridine rings is 1. The minimum Gasteiger partial charge on any atom is -0.492 e. The van der Waals surface area contributed by atoms with Gasteiger partial charge in [-0.15, -0.1) is 11.3 Å². The fourth-order valence-electron chi connectivity index (χ4n) is 7.72. The highest BCUT2D eigenvalue weighted by molar-refractivity contribution is 7.22. The van der Waals surface area contributed by atoms with Gasteiger partial charge < -0.3 is 39.5 Å². The van der Waals surface area contributed by atoms with Crippen molar-refractivity contribution in [1.29, 1.82) is 0 Å². The van der Waals surface area contributed by atoms with Gasteiger partial charge in [0.25, 0.3) is 0 Å². The van der Waals surface area contributed by atoms with Crippen LogP contribution in [0.4, 0.5) is 15.6 Å². The number of aliphatic hydroxyl groups is 1. The van der Waals surface area contributed by atoms with Gasteiger partial charge in [-0.3, -0.25) is 19.5 Å². The first-order valence-electron chi connectivity index (χ1n) is 21.7. The molecule has 3 amide bonds. The molecule has 3 N–H and O–H groups in total. The van der Waals surface area contributed by atoms with E-state index in [1.54, 1.807) is 55.1 Å². The maximum absolute atomic E-state index is 13.9. The predicted octanol–water partition coefficient (Wildman–Crippen LogP) is 7.51. The van der Waals surface area contributed by atoms with Gasteiger partial charge in [0, 0.05) is 69.6 Å². The van der Waals surface area contributed by atoms with Crippen molar-refractivity contribution in [3.05, 3.63) is 89.1 Å². The summed E-state index contributed by atoms with van der Waals surface area (Å²) in [6, 6.07) is 14.8. The molecule has 1 aliphatic rings. The van der Waals surface area contributed by atoms with E-state index in [1.165, 1.54) is 9.80 Å². The van der Waals surface area contributed by atoms with Crippen molar-refractivity contribution < 1.29 is 33.5 Å². The largest absolute Gasteiger partial charge is 0.492 e. The zero-order valence-electron chi connectivity index (χ0n) is 38.0. The Hall–Kier alpha value is -5.95. The summed E-state index contributed by atoms with van der Waals surface area (Å²) in [5.41, 5.74) is 8.52. The number of β-amino-alcohol motifs (C(OH)–C–C–N with tert-alkyl or cyclic N) is 1. The number of likely N-dealkylation sites (tertiary alicyclic amines) is 1. The molecule has 1 aliphatic heterocycles. The minimum absolute atomic E-state index is 0.0578. The molecule has 6 aromatic rings. The molecule has 1 fully saturated rings. The minimum atomic E-state index is -0.842. The van der Waals surface area contributed by atoms with Crippen LogP contribution in [0.5, 0.6) is 5.75 Å². The molecule has 3 atom stereocenters. The topological polar surface area (TPSA) is 188 Å². The Labute approximate surface area is 387 Å². The summed E-state index contributed by atoms with van der Waals surface area (Å²) in [6.07, 6.45) is 2.06. The molecule has 0 spiro atoms. The third-order valence-electron chi connectivity index (χ3n) is 11.2. The van der Waals surface area contributed by atoms with Gasteiger partial charge >= 0.3 is 6.09 Å². The van der Waals surface area contributed by atoms with Crippen LogP contribution in [0, 0.1) is 19.8 Å². The van der Waals surface area contributed by atoms with Crippen LogP contribution in [0.3, 0.4) is 0 Å². The average molecular weight is 924 g/mol. The number of aliphatic hydroxyl groups excluding tert-OH is 1. The van der Waals surface area contributed by atoms with E-state index in [2.05, 4.69) is 36.7 Å². The standard InChI is InChI=1S/C47H57N9O7S2/c1-27(2)42(40-17-29(5)53-63-40)45(59)56-25-36(57)21-38(56)44(58)50-23-33-10-9-32(43-30(6)51-26-64-43)19-39(33)61-16-15-54(7)14-13-49-46-52-37-12-11-31(20-41(37)65-46)34-18-35(24-48-22-34)55(8)47(60)62-28(3)4/h9-12,17-20,22,24,26-28,36,38,42,57H,13-16,21,23,25H2,1-8H3,(H,49,52)(H,50,58)/t36-,38+,42-/m1/s1. The summed E-state index contributed by atoms with van der Waals surface area (Å²) >= 11 is 3.13. The lowest BCUT2D eigenvalue weighted by Crippen LogP contribution is -2.48. The van der Waals surface area contributed by atoms with Crippen LogP contribution in [-0.2, 0) is 20.9 Å². The molecule has 0 unspecified atom stereocenters. The molecule has 0 aliphatic carbocycles. The quantitative estimate of drug-likeness (QED) is 0.0769. The SMILES string of the molecule is Cc1cc([C@H](C(=O)N2C[C@H](O)C[C@H]2C(=O)NCc2ccc(-c3scnc3C)cc2OCCN(C)CCNc2nc3ccc(-c4cncc(N(C)C(=O)OC(C)C)c4)cc3s2)C(C)C)on1. The van der Waals surface area contributed by atoms with Gasteiger partial charge in [0.2, 0.25) is 11.8 Å². The molecule has 7 rings (SSSR count). The van der Waals surface area contributed by atoms with E-state index in [0.717, 1.165) is 54.7 Å². The maximum Gasteiger partial charge on any atom is 0.414 e. The summed E-state index contributed by atoms with van der Waals surface area (Å²) < 4.78 is 18.3. The lowest BCUT2D eigenvalue weighted by molar-refractivity contribution is -0.141. The number of rotatable bonds is 18. The second kappa shape index (κ2) is 20.9.